The third-order valence-corrected chi connectivity index (χ3v) is 7.83. The zero-order valence-corrected chi connectivity index (χ0v) is 23.4. The molecule has 3 aliphatic carbocycles. The van der Waals surface area contributed by atoms with Gasteiger partial charge in [-0.3, -0.25) is 0 Å². The van der Waals surface area contributed by atoms with Crippen molar-refractivity contribution in [1.29, 1.82) is 0 Å². The predicted octanol–water partition coefficient (Wildman–Crippen LogP) is 8.23. The van der Waals surface area contributed by atoms with Crippen molar-refractivity contribution in [3.63, 3.8) is 0 Å². The summed E-state index contributed by atoms with van der Waals surface area (Å²) in [5, 5.41) is 3.50. The minimum atomic E-state index is 0. The van der Waals surface area contributed by atoms with E-state index in [-0.39, 0.29) is 48.5 Å². The summed E-state index contributed by atoms with van der Waals surface area (Å²) < 4.78 is 0. The van der Waals surface area contributed by atoms with Gasteiger partial charge in [-0.2, -0.15) is 14.1 Å². The molecule has 4 unspecified atom stereocenters. The Morgan fingerprint density at radius 1 is 0.519 bits per heavy atom. The van der Waals surface area contributed by atoms with Gasteiger partial charge in [0.05, 0.1) is 0 Å². The van der Waals surface area contributed by atoms with Crippen molar-refractivity contribution in [2.75, 3.05) is 14.1 Å². The summed E-state index contributed by atoms with van der Waals surface area (Å²) in [6.45, 7) is 17.3. The van der Waals surface area contributed by atoms with Gasteiger partial charge in [0.25, 0.3) is 0 Å². The maximum atomic E-state index is 3.50. The van der Waals surface area contributed by atoms with E-state index in [1.54, 1.807) is 14.1 Å². The average molecular weight is 459 g/mol. The van der Waals surface area contributed by atoms with Gasteiger partial charge in [-0.25, -0.2) is 0 Å². The molecule has 2 heteroatoms. The summed E-state index contributed by atoms with van der Waals surface area (Å²) in [4.78, 5) is 0. The Bertz CT molecular complexity index is 282. The molecule has 3 saturated carbocycles. The molecule has 3 fully saturated rings. The molecule has 0 saturated heterocycles. The summed E-state index contributed by atoms with van der Waals surface area (Å²) in [5.74, 6) is 8.80. The quantitative estimate of drug-likeness (QED) is 0.324. The molecule has 0 aromatic heterocycles. The molecule has 1 nitrogen and oxygen atoms in total. The van der Waals surface area contributed by atoms with Crippen LogP contribution in [0.2, 0.25) is 0 Å². The van der Waals surface area contributed by atoms with E-state index in [1.807, 2.05) is 0 Å². The molecular formula is C25H53NZr. The number of hydrogen-bond donors (Lipinski definition) is 0. The zero-order chi connectivity index (χ0) is 17.7. The third-order valence-electron chi connectivity index (χ3n) is 7.83. The van der Waals surface area contributed by atoms with Crippen molar-refractivity contribution in [2.24, 2.45) is 53.3 Å². The molecule has 0 heterocycles. The number of fused-ring (bicyclic) bond motifs is 1. The Kier molecular flexibility index (Phi) is 21.7. The molecular weight excluding hydrogens is 406 g/mol. The maximum Gasteiger partial charge on any atom is 4.00 e. The monoisotopic (exact) mass is 457 g/mol. The van der Waals surface area contributed by atoms with Crippen LogP contribution in [-0.2, 0) is 26.2 Å². The number of hydrogen-bond acceptors (Lipinski definition) is 0. The van der Waals surface area contributed by atoms with Crippen molar-refractivity contribution in [3.8, 4) is 0 Å². The fraction of sp³-hybridized carbons (Fsp3) is 0.880. The largest absolute Gasteiger partial charge is 4.00 e. The van der Waals surface area contributed by atoms with Gasteiger partial charge < -0.3 is 27.6 Å². The van der Waals surface area contributed by atoms with Crippen LogP contribution in [0.3, 0.4) is 0 Å². The smallest absolute Gasteiger partial charge is 0.668 e. The van der Waals surface area contributed by atoms with Crippen LogP contribution in [0, 0.1) is 75.5 Å². The van der Waals surface area contributed by atoms with E-state index in [0.29, 0.717) is 0 Å². The molecule has 162 valence electrons. The van der Waals surface area contributed by atoms with Crippen LogP contribution >= 0.6 is 0 Å². The van der Waals surface area contributed by atoms with Crippen molar-refractivity contribution in [3.05, 3.63) is 27.6 Å². The Balaban J connectivity index is -0.000000175. The van der Waals surface area contributed by atoms with Gasteiger partial charge in [-0.1, -0.05) is 74.1 Å². The average Bonchev–Trinajstić information content (AvgIpc) is 3.13. The molecule has 0 amide bonds. The second-order valence-electron chi connectivity index (χ2n) is 9.15. The Morgan fingerprint density at radius 3 is 0.889 bits per heavy atom. The summed E-state index contributed by atoms with van der Waals surface area (Å²) in [5.41, 5.74) is 0. The Morgan fingerprint density at radius 2 is 0.741 bits per heavy atom. The summed E-state index contributed by atoms with van der Waals surface area (Å²) >= 11 is 0. The molecule has 0 bridgehead atoms. The predicted molar refractivity (Wildman–Crippen MR) is 124 cm³/mol. The van der Waals surface area contributed by atoms with Gasteiger partial charge >= 0.3 is 26.2 Å². The minimum absolute atomic E-state index is 0. The molecule has 27 heavy (non-hydrogen) atoms. The zero-order valence-electron chi connectivity index (χ0n) is 21.0. The van der Waals surface area contributed by atoms with Gasteiger partial charge in [0, 0.05) is 0 Å². The molecule has 3 aliphatic rings. The molecule has 0 aromatic carbocycles. The Labute approximate surface area is 194 Å². The molecule has 0 aliphatic heterocycles. The van der Waals surface area contributed by atoms with E-state index < -0.39 is 0 Å². The van der Waals surface area contributed by atoms with Crippen LogP contribution in [0.15, 0.2) is 0 Å². The number of rotatable bonds is 0. The van der Waals surface area contributed by atoms with Crippen LogP contribution in [0.25, 0.3) is 5.32 Å². The van der Waals surface area contributed by atoms with E-state index in [2.05, 4.69) is 53.8 Å². The van der Waals surface area contributed by atoms with E-state index >= 15 is 0 Å². The molecule has 0 aromatic rings. The second kappa shape index (κ2) is 16.6. The fourth-order valence-corrected chi connectivity index (χ4v) is 5.85. The van der Waals surface area contributed by atoms with Gasteiger partial charge in [0.15, 0.2) is 0 Å². The first-order valence-corrected chi connectivity index (χ1v) is 10.3. The maximum absolute atomic E-state index is 3.50. The second-order valence-corrected chi connectivity index (χ2v) is 9.15. The summed E-state index contributed by atoms with van der Waals surface area (Å²) in [7, 11) is 3.50. The first kappa shape index (κ1) is 35.3. The van der Waals surface area contributed by atoms with E-state index in [9.17, 15) is 0 Å². The third kappa shape index (κ3) is 8.62. The van der Waals surface area contributed by atoms with Crippen LogP contribution in [0.4, 0.5) is 0 Å². The SMILES string of the molecule is CC1C(C)C2C(C)C(C)C(C)C2C1C.CC1CCCC1.C[N-]C.[CH3-].[CH3-].[CH3-].[Zr+4]. The van der Waals surface area contributed by atoms with Crippen LogP contribution in [0.5, 0.6) is 0 Å². The first-order valence-electron chi connectivity index (χ1n) is 10.3. The van der Waals surface area contributed by atoms with Crippen molar-refractivity contribution >= 4 is 0 Å². The topological polar surface area (TPSA) is 14.1 Å². The molecule has 0 radical (unpaired) electrons. The van der Waals surface area contributed by atoms with Gasteiger partial charge in [-0.15, -0.1) is 0 Å². The minimum Gasteiger partial charge on any atom is -0.668 e. The van der Waals surface area contributed by atoms with Gasteiger partial charge in [0.1, 0.15) is 0 Å². The molecule has 0 N–H and O–H groups in total. The first-order chi connectivity index (χ1) is 10.8. The van der Waals surface area contributed by atoms with E-state index in [1.165, 1.54) is 25.7 Å². The molecule has 3 rings (SSSR count). The van der Waals surface area contributed by atoms with Crippen LogP contribution in [-0.4, -0.2) is 14.1 Å². The van der Waals surface area contributed by atoms with Crippen molar-refractivity contribution < 1.29 is 26.2 Å². The standard InChI is InChI=1S/C14H26.C6H12.C2H6N.3CH3.Zr/c1-7-9(3)13-11(5)8(2)12(6)14(13)10(7)4;1-6-4-2-3-5-6;1-3-2;;;;/h7-14H,1-6H3;6H,2-5H2,1H3;1-2H3;3*1H3;/q;;4*-1;+4. The summed E-state index contributed by atoms with van der Waals surface area (Å²) in [6, 6.07) is 0. The summed E-state index contributed by atoms with van der Waals surface area (Å²) in [6.07, 6.45) is 5.95. The van der Waals surface area contributed by atoms with Crippen LogP contribution < -0.4 is 0 Å². The molecule has 0 spiro atoms. The van der Waals surface area contributed by atoms with Crippen LogP contribution in [0.1, 0.15) is 74.1 Å². The van der Waals surface area contributed by atoms with Crippen molar-refractivity contribution in [2.45, 2.75) is 74.1 Å². The Hall–Kier alpha value is 0.843. The number of nitrogens with zero attached hydrogens (tertiary/aromatic N) is 1. The normalized spacial score (nSPS) is 39.0. The molecule has 4 atom stereocenters. The van der Waals surface area contributed by atoms with Crippen molar-refractivity contribution in [1.82, 2.24) is 0 Å². The van der Waals surface area contributed by atoms with Gasteiger partial charge in [0.2, 0.25) is 0 Å². The van der Waals surface area contributed by atoms with E-state index in [0.717, 1.165) is 53.3 Å². The van der Waals surface area contributed by atoms with E-state index in [4.69, 9.17) is 0 Å². The fourth-order valence-electron chi connectivity index (χ4n) is 5.85. The van der Waals surface area contributed by atoms with Gasteiger partial charge in [-0.05, 0) is 53.3 Å².